The number of Topliss-reactive ketones (excluding diaryl/α,β-unsaturated/α-hetero) is 1. The van der Waals surface area contributed by atoms with Crippen LogP contribution in [0.1, 0.15) is 74.1 Å². The number of hydrogen-bond donors (Lipinski definition) is 2. The number of likely N-dealkylation sites (tertiary alicyclic amines) is 1. The first kappa shape index (κ1) is 27.9. The van der Waals surface area contributed by atoms with Gasteiger partial charge in [0.2, 0.25) is 0 Å². The average Bonchev–Trinajstić information content (AvgIpc) is 2.99. The maximum Gasteiger partial charge on any atom is 0.318 e. The Hall–Kier alpha value is -4.22. The van der Waals surface area contributed by atoms with Crippen molar-refractivity contribution in [3.05, 3.63) is 144 Å². The van der Waals surface area contributed by atoms with Crippen LogP contribution in [-0.4, -0.2) is 22.3 Å². The fourth-order valence-corrected chi connectivity index (χ4v) is 7.19. The highest BCUT2D eigenvalue weighted by Crippen LogP contribution is 2.62. The van der Waals surface area contributed by atoms with E-state index in [1.54, 1.807) is 0 Å². The second-order valence-electron chi connectivity index (χ2n) is 12.8. The van der Waals surface area contributed by atoms with Gasteiger partial charge in [-0.05, 0) is 49.9 Å². The topological polar surface area (TPSA) is 61.4 Å². The fourth-order valence-electron chi connectivity index (χ4n) is 7.19. The van der Waals surface area contributed by atoms with Gasteiger partial charge in [0.1, 0.15) is 5.78 Å². The number of nitrogens with zero attached hydrogens (tertiary/aromatic N) is 1. The number of rotatable bonds is 4. The second kappa shape index (κ2) is 10.9. The summed E-state index contributed by atoms with van der Waals surface area (Å²) in [6.07, 6.45) is 0. The molecule has 0 aromatic heterocycles. The van der Waals surface area contributed by atoms with Crippen molar-refractivity contribution in [1.82, 2.24) is 15.5 Å². The maximum absolute atomic E-state index is 15.3. The van der Waals surface area contributed by atoms with E-state index in [2.05, 4.69) is 41.8 Å². The molecule has 5 nitrogen and oxygen atoms in total. The van der Waals surface area contributed by atoms with Gasteiger partial charge < -0.3 is 15.5 Å². The zero-order valence-electron chi connectivity index (χ0n) is 24.7. The minimum absolute atomic E-state index is 0.172. The van der Waals surface area contributed by atoms with Crippen LogP contribution >= 0.6 is 0 Å². The highest BCUT2D eigenvalue weighted by molar-refractivity contribution is 5.94. The van der Waals surface area contributed by atoms with E-state index in [9.17, 15) is 4.79 Å². The summed E-state index contributed by atoms with van der Waals surface area (Å²) in [7, 11) is 0. The summed E-state index contributed by atoms with van der Waals surface area (Å²) < 4.78 is 0. The molecule has 214 valence electrons. The van der Waals surface area contributed by atoms with Gasteiger partial charge in [-0.2, -0.15) is 0 Å². The Balaban J connectivity index is 1.66. The molecule has 2 aliphatic rings. The van der Waals surface area contributed by atoms with Gasteiger partial charge in [0.05, 0.1) is 23.4 Å². The fraction of sp³-hybridized carbons (Fsp3) is 0.297. The highest BCUT2D eigenvalue weighted by Gasteiger charge is 2.65. The summed E-state index contributed by atoms with van der Waals surface area (Å²) in [6.45, 7) is 8.06. The van der Waals surface area contributed by atoms with Crippen LogP contribution in [0.5, 0.6) is 0 Å². The van der Waals surface area contributed by atoms with E-state index in [-0.39, 0.29) is 23.9 Å². The first-order chi connectivity index (χ1) is 20.2. The number of nitrogens with one attached hydrogen (secondary N) is 2. The number of fused-ring (bicyclic) bond motifs is 2. The maximum atomic E-state index is 15.3. The molecule has 2 N–H and O–H groups in total. The molecule has 0 aliphatic carbocycles. The van der Waals surface area contributed by atoms with Gasteiger partial charge >= 0.3 is 6.03 Å². The summed E-state index contributed by atoms with van der Waals surface area (Å²) in [4.78, 5) is 31.9. The zero-order valence-corrected chi connectivity index (χ0v) is 24.7. The monoisotopic (exact) mass is 557 g/mol. The SMILES string of the molecule is CC(C)(C)NC(=O)N1C(c2ccccc2)C2C(=O)C(C)(C(c3ccccc3)NC2c2ccccc2)C1c1ccccc1. The molecular weight excluding hydrogens is 518 g/mol. The Morgan fingerprint density at radius 3 is 1.67 bits per heavy atom. The van der Waals surface area contributed by atoms with Crippen molar-refractivity contribution in [1.29, 1.82) is 0 Å². The van der Waals surface area contributed by atoms with Crippen LogP contribution in [0.2, 0.25) is 0 Å². The second-order valence-corrected chi connectivity index (χ2v) is 12.8. The molecule has 0 spiro atoms. The molecule has 6 rings (SSSR count). The van der Waals surface area contributed by atoms with Crippen molar-refractivity contribution in [2.75, 3.05) is 0 Å². The molecule has 6 unspecified atom stereocenters. The molecule has 2 aliphatic heterocycles. The molecule has 4 aromatic carbocycles. The van der Waals surface area contributed by atoms with E-state index >= 15 is 4.79 Å². The molecule has 2 heterocycles. The minimum Gasteiger partial charge on any atom is -0.333 e. The quantitative estimate of drug-likeness (QED) is 0.272. The van der Waals surface area contributed by atoms with Crippen molar-refractivity contribution in [2.24, 2.45) is 11.3 Å². The smallest absolute Gasteiger partial charge is 0.318 e. The van der Waals surface area contributed by atoms with E-state index < -0.39 is 29.0 Å². The van der Waals surface area contributed by atoms with Crippen LogP contribution < -0.4 is 10.6 Å². The van der Waals surface area contributed by atoms with Gasteiger partial charge in [-0.1, -0.05) is 121 Å². The molecule has 4 aromatic rings. The third-order valence-electron chi connectivity index (χ3n) is 8.89. The number of carbonyl (C=O) groups is 2. The lowest BCUT2D eigenvalue weighted by Gasteiger charge is -2.62. The Bertz CT molecular complexity index is 1540. The Morgan fingerprint density at radius 2 is 1.17 bits per heavy atom. The number of hydrogen-bond acceptors (Lipinski definition) is 3. The number of piperidine rings is 2. The molecule has 2 bridgehead atoms. The van der Waals surface area contributed by atoms with Crippen LogP contribution in [0.4, 0.5) is 4.79 Å². The molecule has 2 fully saturated rings. The summed E-state index contributed by atoms with van der Waals surface area (Å²) >= 11 is 0. The van der Waals surface area contributed by atoms with E-state index in [0.717, 1.165) is 22.3 Å². The molecule has 0 saturated carbocycles. The third kappa shape index (κ3) is 4.82. The van der Waals surface area contributed by atoms with Crippen LogP contribution in [0.25, 0.3) is 0 Å². The van der Waals surface area contributed by atoms with Crippen molar-refractivity contribution >= 4 is 11.8 Å². The van der Waals surface area contributed by atoms with Crippen molar-refractivity contribution in [3.8, 4) is 0 Å². The summed E-state index contributed by atoms with van der Waals surface area (Å²) in [5.74, 6) is -0.336. The van der Waals surface area contributed by atoms with Gasteiger partial charge in [-0.3, -0.25) is 4.79 Å². The molecule has 6 atom stereocenters. The number of urea groups is 1. The Morgan fingerprint density at radius 1 is 0.714 bits per heavy atom. The Kier molecular flexibility index (Phi) is 7.24. The normalized spacial score (nSPS) is 27.4. The van der Waals surface area contributed by atoms with E-state index in [1.165, 1.54) is 0 Å². The van der Waals surface area contributed by atoms with Crippen molar-refractivity contribution in [2.45, 2.75) is 57.4 Å². The lowest BCUT2D eigenvalue weighted by atomic mass is 9.55. The number of benzene rings is 4. The predicted octanol–water partition coefficient (Wildman–Crippen LogP) is 7.57. The average molecular weight is 558 g/mol. The van der Waals surface area contributed by atoms with Crippen LogP contribution in [0, 0.1) is 11.3 Å². The molecule has 5 heteroatoms. The van der Waals surface area contributed by atoms with Gasteiger partial charge in [0.15, 0.2) is 0 Å². The predicted molar refractivity (Wildman–Crippen MR) is 167 cm³/mol. The zero-order chi connectivity index (χ0) is 29.5. The molecule has 2 amide bonds. The Labute approximate surface area is 249 Å². The van der Waals surface area contributed by atoms with Crippen LogP contribution in [0.15, 0.2) is 121 Å². The van der Waals surface area contributed by atoms with Crippen molar-refractivity contribution in [3.63, 3.8) is 0 Å². The van der Waals surface area contributed by atoms with Crippen LogP contribution in [-0.2, 0) is 4.79 Å². The summed E-state index contributed by atoms with van der Waals surface area (Å²) in [5, 5.41) is 7.26. The van der Waals surface area contributed by atoms with E-state index in [1.807, 2.05) is 123 Å². The third-order valence-corrected chi connectivity index (χ3v) is 8.89. The lowest BCUT2D eigenvalue weighted by molar-refractivity contribution is -0.160. The first-order valence-corrected chi connectivity index (χ1v) is 14.8. The molecule has 2 saturated heterocycles. The van der Waals surface area contributed by atoms with E-state index in [4.69, 9.17) is 0 Å². The molecule has 0 radical (unpaired) electrons. The first-order valence-electron chi connectivity index (χ1n) is 14.8. The van der Waals surface area contributed by atoms with E-state index in [0.29, 0.717) is 0 Å². The molecule has 42 heavy (non-hydrogen) atoms. The standard InChI is InChI=1S/C37H39N3O2/c1-36(2,3)39-35(42)40-31(26-19-11-6-12-20-26)29-30(25-17-9-5-10-18-25)38-32(27-21-13-7-14-22-27)37(4,34(29)41)33(40)28-23-15-8-16-24-28/h5-24,29-33,38H,1-4H3,(H,39,42). The van der Waals surface area contributed by atoms with Gasteiger partial charge in [-0.15, -0.1) is 0 Å². The largest absolute Gasteiger partial charge is 0.333 e. The number of ketones is 1. The summed E-state index contributed by atoms with van der Waals surface area (Å²) in [6, 6.07) is 38.7. The summed E-state index contributed by atoms with van der Waals surface area (Å²) in [5.41, 5.74) is 2.53. The minimum atomic E-state index is -0.959. The van der Waals surface area contributed by atoms with Gasteiger partial charge in [0, 0.05) is 17.6 Å². The number of amides is 2. The van der Waals surface area contributed by atoms with Crippen LogP contribution in [0.3, 0.4) is 0 Å². The highest BCUT2D eigenvalue weighted by atomic mass is 16.2. The van der Waals surface area contributed by atoms with Gasteiger partial charge in [-0.25, -0.2) is 4.79 Å². The number of carbonyl (C=O) groups excluding carboxylic acids is 2. The van der Waals surface area contributed by atoms with Gasteiger partial charge in [0.25, 0.3) is 0 Å². The van der Waals surface area contributed by atoms with Crippen molar-refractivity contribution < 1.29 is 9.59 Å². The molecular formula is C37H39N3O2. The lowest BCUT2D eigenvalue weighted by Crippen LogP contribution is -2.68.